The van der Waals surface area contributed by atoms with Gasteiger partial charge in [-0.3, -0.25) is 4.72 Å². The third kappa shape index (κ3) is 4.23. The van der Waals surface area contributed by atoms with Crippen LogP contribution in [0, 0.1) is 0 Å². The van der Waals surface area contributed by atoms with E-state index in [2.05, 4.69) is 20.7 Å². The van der Waals surface area contributed by atoms with Gasteiger partial charge in [0.25, 0.3) is 0 Å². The summed E-state index contributed by atoms with van der Waals surface area (Å²) in [7, 11) is -3.41. The van der Waals surface area contributed by atoms with Gasteiger partial charge >= 0.3 is 0 Å². The van der Waals surface area contributed by atoms with Gasteiger partial charge in [0.1, 0.15) is 0 Å². The van der Waals surface area contributed by atoms with E-state index in [1.54, 1.807) is 18.2 Å². The molecule has 2 rings (SSSR count). The topological polar surface area (TPSA) is 46.2 Å². The van der Waals surface area contributed by atoms with Crippen molar-refractivity contribution < 1.29 is 8.42 Å². The number of nitrogens with one attached hydrogen (secondary N) is 1. The maximum atomic E-state index is 12.1. The predicted octanol–water partition coefficient (Wildman–Crippen LogP) is 4.09. The summed E-state index contributed by atoms with van der Waals surface area (Å²) in [6.45, 7) is 0. The highest BCUT2D eigenvalue weighted by Crippen LogP contribution is 2.30. The molecule has 2 aromatic carbocycles. The Hall–Kier alpha value is -1.04. The molecule has 0 fully saturated rings. The molecular formula is C14H13BrClNO2S. The molecule has 0 aliphatic rings. The lowest BCUT2D eigenvalue weighted by Crippen LogP contribution is -2.18. The Bertz CT molecular complexity index is 690. The van der Waals surface area contributed by atoms with Crippen LogP contribution in [0.15, 0.2) is 53.0 Å². The van der Waals surface area contributed by atoms with E-state index in [4.69, 9.17) is 11.6 Å². The second-order valence-corrected chi connectivity index (χ2v) is 7.30. The number of sulfonamides is 1. The standard InChI is InChI=1S/C14H13BrClNO2S/c15-14-12(16)7-4-8-13(14)17-20(18,19)10-9-11-5-2-1-3-6-11/h1-8,17H,9-10H2. The van der Waals surface area contributed by atoms with Gasteiger partial charge in [0, 0.05) is 0 Å². The zero-order chi connectivity index (χ0) is 14.6. The van der Waals surface area contributed by atoms with Crippen LogP contribution in [0.4, 0.5) is 5.69 Å². The quantitative estimate of drug-likeness (QED) is 0.857. The van der Waals surface area contributed by atoms with Crippen molar-refractivity contribution in [3.05, 3.63) is 63.6 Å². The van der Waals surface area contributed by atoms with Crippen molar-refractivity contribution in [2.24, 2.45) is 0 Å². The molecule has 2 aromatic rings. The summed E-state index contributed by atoms with van der Waals surface area (Å²) in [4.78, 5) is 0. The lowest BCUT2D eigenvalue weighted by molar-refractivity contribution is 0.600. The predicted molar refractivity (Wildman–Crippen MR) is 86.7 cm³/mol. The van der Waals surface area contributed by atoms with Crippen LogP contribution in [0.1, 0.15) is 5.56 Å². The van der Waals surface area contributed by atoms with Crippen molar-refractivity contribution in [1.29, 1.82) is 0 Å². The number of anilines is 1. The molecule has 0 aromatic heterocycles. The minimum Gasteiger partial charge on any atom is -0.282 e. The normalized spacial score (nSPS) is 11.3. The third-order valence-electron chi connectivity index (χ3n) is 2.72. The lowest BCUT2D eigenvalue weighted by atomic mass is 10.2. The second kappa shape index (κ2) is 6.61. The van der Waals surface area contributed by atoms with Gasteiger partial charge in [0.2, 0.25) is 10.0 Å². The Balaban J connectivity index is 2.06. The number of rotatable bonds is 5. The minimum absolute atomic E-state index is 0.0238. The van der Waals surface area contributed by atoms with Gasteiger partial charge in [0.15, 0.2) is 0 Å². The van der Waals surface area contributed by atoms with Crippen molar-refractivity contribution in [2.45, 2.75) is 6.42 Å². The molecule has 0 saturated carbocycles. The summed E-state index contributed by atoms with van der Waals surface area (Å²) in [5.41, 5.74) is 1.44. The van der Waals surface area contributed by atoms with E-state index >= 15 is 0 Å². The summed E-state index contributed by atoms with van der Waals surface area (Å²) in [5.74, 6) is 0.0238. The Morgan fingerprint density at radius 1 is 1.05 bits per heavy atom. The molecular weight excluding hydrogens is 362 g/mol. The van der Waals surface area contributed by atoms with Gasteiger partial charge < -0.3 is 0 Å². The maximum Gasteiger partial charge on any atom is 0.233 e. The zero-order valence-electron chi connectivity index (χ0n) is 10.5. The molecule has 0 saturated heterocycles. The first kappa shape index (κ1) is 15.4. The molecule has 0 heterocycles. The lowest BCUT2D eigenvalue weighted by Gasteiger charge is -2.10. The molecule has 1 N–H and O–H groups in total. The van der Waals surface area contributed by atoms with E-state index < -0.39 is 10.0 Å². The fraction of sp³-hybridized carbons (Fsp3) is 0.143. The summed E-state index contributed by atoms with van der Waals surface area (Å²) < 4.78 is 27.2. The Labute approximate surface area is 132 Å². The first-order valence-electron chi connectivity index (χ1n) is 5.96. The molecule has 0 atom stereocenters. The van der Waals surface area contributed by atoms with Crippen molar-refractivity contribution in [1.82, 2.24) is 0 Å². The minimum atomic E-state index is -3.41. The number of aryl methyl sites for hydroxylation is 1. The molecule has 0 aliphatic carbocycles. The monoisotopic (exact) mass is 373 g/mol. The second-order valence-electron chi connectivity index (χ2n) is 4.26. The molecule has 0 amide bonds. The SMILES string of the molecule is O=S(=O)(CCc1ccccc1)Nc1cccc(Cl)c1Br. The van der Waals surface area contributed by atoms with Gasteiger partial charge in [0.05, 0.1) is 20.9 Å². The molecule has 6 heteroatoms. The smallest absolute Gasteiger partial charge is 0.233 e. The molecule has 0 bridgehead atoms. The average Bonchev–Trinajstić information content (AvgIpc) is 2.43. The van der Waals surface area contributed by atoms with Crippen molar-refractivity contribution in [3.63, 3.8) is 0 Å². The Morgan fingerprint density at radius 3 is 2.45 bits per heavy atom. The van der Waals surface area contributed by atoms with Crippen molar-refractivity contribution in [3.8, 4) is 0 Å². The van der Waals surface area contributed by atoms with E-state index in [1.165, 1.54) is 0 Å². The average molecular weight is 375 g/mol. The van der Waals surface area contributed by atoms with E-state index in [0.29, 0.717) is 21.6 Å². The highest BCUT2D eigenvalue weighted by molar-refractivity contribution is 9.10. The summed E-state index contributed by atoms with van der Waals surface area (Å²) >= 11 is 9.20. The highest BCUT2D eigenvalue weighted by atomic mass is 79.9. The van der Waals surface area contributed by atoms with Crippen LogP contribution in [-0.2, 0) is 16.4 Å². The van der Waals surface area contributed by atoms with Gasteiger partial charge in [-0.2, -0.15) is 0 Å². The Morgan fingerprint density at radius 2 is 1.75 bits per heavy atom. The molecule has 0 spiro atoms. The van der Waals surface area contributed by atoms with Crippen LogP contribution in [0.3, 0.4) is 0 Å². The number of halogens is 2. The molecule has 0 unspecified atom stereocenters. The van der Waals surface area contributed by atoms with Gasteiger partial charge in [-0.05, 0) is 40.0 Å². The molecule has 3 nitrogen and oxygen atoms in total. The van der Waals surface area contributed by atoms with Gasteiger partial charge in [-0.1, -0.05) is 48.0 Å². The number of hydrogen-bond donors (Lipinski definition) is 1. The maximum absolute atomic E-state index is 12.1. The van der Waals surface area contributed by atoms with Crippen LogP contribution in [0.5, 0.6) is 0 Å². The molecule has 0 aliphatic heterocycles. The largest absolute Gasteiger partial charge is 0.282 e. The zero-order valence-corrected chi connectivity index (χ0v) is 13.7. The fourth-order valence-corrected chi connectivity index (χ4v) is 3.48. The molecule has 106 valence electrons. The van der Waals surface area contributed by atoms with Crippen molar-refractivity contribution in [2.75, 3.05) is 10.5 Å². The summed E-state index contributed by atoms with van der Waals surface area (Å²) in [5, 5.41) is 0.466. The van der Waals surface area contributed by atoms with E-state index in [-0.39, 0.29) is 5.75 Å². The third-order valence-corrected chi connectivity index (χ3v) is 5.39. The molecule has 20 heavy (non-hydrogen) atoms. The van der Waals surface area contributed by atoms with Gasteiger partial charge in [-0.25, -0.2) is 8.42 Å². The highest BCUT2D eigenvalue weighted by Gasteiger charge is 2.13. The van der Waals surface area contributed by atoms with Crippen LogP contribution < -0.4 is 4.72 Å². The van der Waals surface area contributed by atoms with Crippen LogP contribution in [-0.4, -0.2) is 14.2 Å². The van der Waals surface area contributed by atoms with Gasteiger partial charge in [-0.15, -0.1) is 0 Å². The first-order valence-corrected chi connectivity index (χ1v) is 8.79. The van der Waals surface area contributed by atoms with Crippen molar-refractivity contribution >= 4 is 43.2 Å². The number of benzene rings is 2. The van der Waals surface area contributed by atoms with Crippen LogP contribution in [0.25, 0.3) is 0 Å². The fourth-order valence-electron chi connectivity index (χ4n) is 1.70. The summed E-state index contributed by atoms with van der Waals surface area (Å²) in [6, 6.07) is 14.5. The molecule has 0 radical (unpaired) electrons. The van der Waals surface area contributed by atoms with Crippen LogP contribution >= 0.6 is 27.5 Å². The van der Waals surface area contributed by atoms with Crippen LogP contribution in [0.2, 0.25) is 5.02 Å². The first-order chi connectivity index (χ1) is 9.48. The van der Waals surface area contributed by atoms with E-state index in [9.17, 15) is 8.42 Å². The Kier molecular flexibility index (Phi) is 5.07. The van der Waals surface area contributed by atoms with E-state index in [1.807, 2.05) is 30.3 Å². The number of hydrogen-bond acceptors (Lipinski definition) is 2. The van der Waals surface area contributed by atoms with E-state index in [0.717, 1.165) is 5.56 Å². The summed E-state index contributed by atoms with van der Waals surface area (Å²) in [6.07, 6.45) is 0.467.